The summed E-state index contributed by atoms with van der Waals surface area (Å²) in [7, 11) is 0. The highest BCUT2D eigenvalue weighted by molar-refractivity contribution is 5.43. The lowest BCUT2D eigenvalue weighted by Gasteiger charge is -2.48. The first kappa shape index (κ1) is 10.8. The summed E-state index contributed by atoms with van der Waals surface area (Å²) in [4.78, 5) is 14.3. The van der Waals surface area contributed by atoms with E-state index in [1.165, 1.54) is 0 Å². The van der Waals surface area contributed by atoms with Gasteiger partial charge in [0.1, 0.15) is 0 Å². The molecule has 0 amide bonds. The number of nitrogens with one attached hydrogen (secondary N) is 1. The molecular formula is C14H18N2O. The highest BCUT2D eigenvalue weighted by Gasteiger charge is 2.45. The van der Waals surface area contributed by atoms with E-state index in [2.05, 4.69) is 18.5 Å². The maximum Gasteiger partial charge on any atom is 0.248 e. The predicted octanol–water partition coefficient (Wildman–Crippen LogP) is 1.69. The fraction of sp³-hybridized carbons (Fsp3) is 0.500. The normalized spacial score (nSPS) is 35.5. The number of hydrogen-bond acceptors (Lipinski definition) is 2. The van der Waals surface area contributed by atoms with Gasteiger partial charge in [-0.15, -0.1) is 0 Å². The van der Waals surface area contributed by atoms with Crippen molar-refractivity contribution >= 4 is 0 Å². The van der Waals surface area contributed by atoms with Gasteiger partial charge in [-0.2, -0.15) is 0 Å². The number of nitrogens with two attached hydrogens (primary N) is 1. The van der Waals surface area contributed by atoms with Crippen molar-refractivity contribution in [1.29, 1.82) is 0 Å². The van der Waals surface area contributed by atoms with Gasteiger partial charge in [0, 0.05) is 11.8 Å². The van der Waals surface area contributed by atoms with E-state index in [4.69, 9.17) is 5.73 Å². The van der Waals surface area contributed by atoms with Crippen LogP contribution in [0.1, 0.15) is 31.0 Å². The van der Waals surface area contributed by atoms with Gasteiger partial charge in [0.05, 0.1) is 5.54 Å². The minimum atomic E-state index is -0.430. The van der Waals surface area contributed by atoms with Crippen molar-refractivity contribution in [3.8, 4) is 0 Å². The van der Waals surface area contributed by atoms with E-state index in [-0.39, 0.29) is 5.56 Å². The van der Waals surface area contributed by atoms with Crippen LogP contribution in [-0.4, -0.2) is 4.98 Å². The Bertz CT molecular complexity index is 545. The minimum absolute atomic E-state index is 0.0361. The lowest BCUT2D eigenvalue weighted by molar-refractivity contribution is 0.233. The number of fused-ring (bicyclic) bond motifs is 4. The van der Waals surface area contributed by atoms with Crippen LogP contribution in [0.5, 0.6) is 0 Å². The molecule has 0 saturated heterocycles. The van der Waals surface area contributed by atoms with Gasteiger partial charge in [0.2, 0.25) is 5.56 Å². The molecule has 2 unspecified atom stereocenters. The zero-order valence-corrected chi connectivity index (χ0v) is 10.1. The molecule has 1 heterocycles. The lowest BCUT2D eigenvalue weighted by Crippen LogP contribution is -2.50. The number of hydrogen-bond donors (Lipinski definition) is 2. The van der Waals surface area contributed by atoms with Crippen LogP contribution in [0.4, 0.5) is 0 Å². The Balaban J connectivity index is 2.22. The Morgan fingerprint density at radius 3 is 3.06 bits per heavy atom. The molecule has 0 spiro atoms. The van der Waals surface area contributed by atoms with E-state index in [0.29, 0.717) is 11.8 Å². The summed E-state index contributed by atoms with van der Waals surface area (Å²) in [5.74, 6) is 1.05. The Kier molecular flexibility index (Phi) is 2.11. The second kappa shape index (κ2) is 3.33. The van der Waals surface area contributed by atoms with Gasteiger partial charge in [-0.1, -0.05) is 13.5 Å². The average Bonchev–Trinajstić information content (AvgIpc) is 2.23. The molecule has 1 aromatic rings. The van der Waals surface area contributed by atoms with Crippen LogP contribution in [0, 0.1) is 11.8 Å². The molecule has 0 aromatic carbocycles. The molecule has 90 valence electrons. The summed E-state index contributed by atoms with van der Waals surface area (Å²) in [5, 5.41) is 0. The standard InChI is InChI=1S/C14H18N2O/c1-8-5-10-6-12-11(3-4-13(17)16-12)14(15,7-8)9(10)2/h3-4,8,10H,2,5-7,15H2,1H3,(H,16,17)/t8-,10?,14?/m1/s1. The highest BCUT2D eigenvalue weighted by Crippen LogP contribution is 2.49. The zero-order chi connectivity index (χ0) is 12.2. The first-order valence-corrected chi connectivity index (χ1v) is 6.21. The average molecular weight is 230 g/mol. The van der Waals surface area contributed by atoms with Crippen molar-refractivity contribution in [3.63, 3.8) is 0 Å². The van der Waals surface area contributed by atoms with Crippen molar-refractivity contribution in [2.45, 2.75) is 31.7 Å². The molecule has 1 saturated carbocycles. The molecule has 3 rings (SSSR count). The van der Waals surface area contributed by atoms with E-state index in [1.807, 2.05) is 6.07 Å². The molecule has 3 nitrogen and oxygen atoms in total. The molecule has 3 N–H and O–H groups in total. The number of rotatable bonds is 0. The Labute approximate surface area is 101 Å². The second-order valence-electron chi connectivity index (χ2n) is 5.66. The molecule has 2 bridgehead atoms. The fourth-order valence-electron chi connectivity index (χ4n) is 3.59. The Morgan fingerprint density at radius 1 is 1.53 bits per heavy atom. The smallest absolute Gasteiger partial charge is 0.248 e. The van der Waals surface area contributed by atoms with Crippen LogP contribution in [0.3, 0.4) is 0 Å². The van der Waals surface area contributed by atoms with Crippen molar-refractivity contribution in [2.24, 2.45) is 17.6 Å². The van der Waals surface area contributed by atoms with Crippen molar-refractivity contribution < 1.29 is 0 Å². The largest absolute Gasteiger partial charge is 0.326 e. The van der Waals surface area contributed by atoms with Crippen molar-refractivity contribution in [2.75, 3.05) is 0 Å². The van der Waals surface area contributed by atoms with E-state index in [1.54, 1.807) is 6.07 Å². The summed E-state index contributed by atoms with van der Waals surface area (Å²) < 4.78 is 0. The Hall–Kier alpha value is -1.35. The summed E-state index contributed by atoms with van der Waals surface area (Å²) in [6.45, 7) is 6.46. The summed E-state index contributed by atoms with van der Waals surface area (Å²) in [6, 6.07) is 3.45. The van der Waals surface area contributed by atoms with Crippen molar-refractivity contribution in [1.82, 2.24) is 4.98 Å². The lowest BCUT2D eigenvalue weighted by atomic mass is 9.60. The third kappa shape index (κ3) is 1.42. The number of aromatic nitrogens is 1. The molecule has 1 fully saturated rings. The second-order valence-corrected chi connectivity index (χ2v) is 5.66. The van der Waals surface area contributed by atoms with E-state index >= 15 is 0 Å². The number of aromatic amines is 1. The summed E-state index contributed by atoms with van der Waals surface area (Å²) in [5.41, 5.74) is 9.35. The van der Waals surface area contributed by atoms with Crippen LogP contribution in [0.2, 0.25) is 0 Å². The first-order chi connectivity index (χ1) is 8.00. The molecule has 3 heteroatoms. The van der Waals surface area contributed by atoms with Crippen LogP contribution >= 0.6 is 0 Å². The van der Waals surface area contributed by atoms with Gasteiger partial charge in [-0.05, 0) is 48.3 Å². The topological polar surface area (TPSA) is 58.9 Å². The van der Waals surface area contributed by atoms with Gasteiger partial charge in [0.25, 0.3) is 0 Å². The van der Waals surface area contributed by atoms with Crippen LogP contribution in [0.25, 0.3) is 0 Å². The van der Waals surface area contributed by atoms with Gasteiger partial charge in [-0.3, -0.25) is 4.79 Å². The predicted molar refractivity (Wildman–Crippen MR) is 67.7 cm³/mol. The van der Waals surface area contributed by atoms with E-state index in [9.17, 15) is 4.79 Å². The molecule has 2 aliphatic carbocycles. The summed E-state index contributed by atoms with van der Waals surface area (Å²) >= 11 is 0. The maximum atomic E-state index is 11.4. The highest BCUT2D eigenvalue weighted by atomic mass is 16.1. The third-order valence-electron chi connectivity index (χ3n) is 4.35. The monoisotopic (exact) mass is 230 g/mol. The van der Waals surface area contributed by atoms with Gasteiger partial charge < -0.3 is 10.7 Å². The number of pyridine rings is 1. The van der Waals surface area contributed by atoms with E-state index < -0.39 is 5.54 Å². The van der Waals surface area contributed by atoms with Gasteiger partial charge in [-0.25, -0.2) is 0 Å². The van der Waals surface area contributed by atoms with Crippen LogP contribution in [-0.2, 0) is 12.0 Å². The SMILES string of the molecule is C=C1C2Cc3[nH]c(=O)ccc3C1(N)C[C@H](C)C2. The first-order valence-electron chi connectivity index (χ1n) is 6.21. The van der Waals surface area contributed by atoms with Crippen molar-refractivity contribution in [3.05, 3.63) is 45.9 Å². The van der Waals surface area contributed by atoms with Crippen LogP contribution < -0.4 is 11.3 Å². The molecule has 17 heavy (non-hydrogen) atoms. The molecule has 3 atom stereocenters. The third-order valence-corrected chi connectivity index (χ3v) is 4.35. The van der Waals surface area contributed by atoms with Gasteiger partial charge >= 0.3 is 0 Å². The zero-order valence-electron chi connectivity index (χ0n) is 10.1. The van der Waals surface area contributed by atoms with Crippen LogP contribution in [0.15, 0.2) is 29.1 Å². The molecule has 0 radical (unpaired) electrons. The van der Waals surface area contributed by atoms with E-state index in [0.717, 1.165) is 36.1 Å². The summed E-state index contributed by atoms with van der Waals surface area (Å²) in [6.07, 6.45) is 2.95. The van der Waals surface area contributed by atoms with Gasteiger partial charge in [0.15, 0.2) is 0 Å². The molecule has 1 aromatic heterocycles. The minimum Gasteiger partial charge on any atom is -0.326 e. The number of H-pyrrole nitrogens is 1. The quantitative estimate of drug-likeness (QED) is 0.666. The maximum absolute atomic E-state index is 11.4. The Morgan fingerprint density at radius 2 is 2.29 bits per heavy atom. The molecular weight excluding hydrogens is 212 g/mol. The molecule has 2 aliphatic rings. The fourth-order valence-corrected chi connectivity index (χ4v) is 3.59. The molecule has 0 aliphatic heterocycles.